The predicted molar refractivity (Wildman–Crippen MR) is 78.6 cm³/mol. The summed E-state index contributed by atoms with van der Waals surface area (Å²) in [6, 6.07) is 8.87. The molecular weight excluding hydrogens is 272 g/mol. The fourth-order valence-corrected chi connectivity index (χ4v) is 1.82. The number of furan rings is 1. The van der Waals surface area contributed by atoms with Gasteiger partial charge in [0.25, 0.3) is 0 Å². The van der Waals surface area contributed by atoms with Crippen LogP contribution in [0.5, 0.6) is 11.5 Å². The quantitative estimate of drug-likeness (QED) is 0.816. The minimum Gasteiger partial charge on any atom is -0.497 e. The molecule has 0 aliphatic rings. The first-order chi connectivity index (χ1) is 10.2. The highest BCUT2D eigenvalue weighted by molar-refractivity contribution is 5.93. The number of hydrogen-bond donors (Lipinski definition) is 2. The van der Waals surface area contributed by atoms with Gasteiger partial charge in [0.1, 0.15) is 17.3 Å². The van der Waals surface area contributed by atoms with Crippen LogP contribution in [0.3, 0.4) is 0 Å². The zero-order valence-electron chi connectivity index (χ0n) is 12.0. The third-order valence-corrected chi connectivity index (χ3v) is 2.85. The second-order valence-electron chi connectivity index (χ2n) is 4.30. The zero-order valence-corrected chi connectivity index (χ0v) is 12.0. The molecule has 0 bridgehead atoms. The van der Waals surface area contributed by atoms with E-state index in [1.54, 1.807) is 44.7 Å². The van der Waals surface area contributed by atoms with Gasteiger partial charge in [0.2, 0.25) is 5.91 Å². The Labute approximate surface area is 123 Å². The molecule has 6 nitrogen and oxygen atoms in total. The summed E-state index contributed by atoms with van der Waals surface area (Å²) in [5.74, 6) is 1.83. The fraction of sp³-hybridized carbons (Fsp3) is 0.267. The van der Waals surface area contributed by atoms with Crippen molar-refractivity contribution < 1.29 is 18.7 Å². The molecule has 0 saturated heterocycles. The number of carbonyl (C=O) groups is 1. The van der Waals surface area contributed by atoms with Crippen LogP contribution < -0.4 is 20.1 Å². The number of hydrogen-bond acceptors (Lipinski definition) is 5. The number of amides is 1. The van der Waals surface area contributed by atoms with Gasteiger partial charge in [0, 0.05) is 6.07 Å². The van der Waals surface area contributed by atoms with Crippen LogP contribution in [0.2, 0.25) is 0 Å². The van der Waals surface area contributed by atoms with Crippen LogP contribution in [0.15, 0.2) is 41.0 Å². The van der Waals surface area contributed by atoms with Crippen LogP contribution in [-0.4, -0.2) is 26.7 Å². The number of anilines is 1. The summed E-state index contributed by atoms with van der Waals surface area (Å²) in [5.41, 5.74) is 0.571. The molecule has 0 aliphatic heterocycles. The van der Waals surface area contributed by atoms with Gasteiger partial charge < -0.3 is 24.5 Å². The van der Waals surface area contributed by atoms with Crippen LogP contribution in [0, 0.1) is 0 Å². The van der Waals surface area contributed by atoms with Crippen molar-refractivity contribution in [3.8, 4) is 11.5 Å². The van der Waals surface area contributed by atoms with Crippen molar-refractivity contribution in [1.82, 2.24) is 5.32 Å². The van der Waals surface area contributed by atoms with Crippen molar-refractivity contribution in [2.45, 2.75) is 6.54 Å². The van der Waals surface area contributed by atoms with E-state index in [0.717, 1.165) is 5.76 Å². The van der Waals surface area contributed by atoms with Gasteiger partial charge in [-0.1, -0.05) is 0 Å². The lowest BCUT2D eigenvalue weighted by Crippen LogP contribution is -2.27. The summed E-state index contributed by atoms with van der Waals surface area (Å²) in [6.07, 6.45) is 1.60. The van der Waals surface area contributed by atoms with Crippen molar-refractivity contribution in [2.75, 3.05) is 26.1 Å². The van der Waals surface area contributed by atoms with E-state index in [-0.39, 0.29) is 12.5 Å². The van der Waals surface area contributed by atoms with Gasteiger partial charge in [-0.3, -0.25) is 4.79 Å². The number of carbonyl (C=O) groups excluding carboxylic acids is 1. The van der Waals surface area contributed by atoms with Crippen LogP contribution >= 0.6 is 0 Å². The summed E-state index contributed by atoms with van der Waals surface area (Å²) in [4.78, 5) is 11.9. The molecule has 2 aromatic rings. The molecule has 0 spiro atoms. The Morgan fingerprint density at radius 1 is 1.24 bits per heavy atom. The lowest BCUT2D eigenvalue weighted by molar-refractivity contribution is -0.115. The Morgan fingerprint density at radius 2 is 2.10 bits per heavy atom. The van der Waals surface area contributed by atoms with Gasteiger partial charge in [0.05, 0.1) is 39.3 Å². The van der Waals surface area contributed by atoms with E-state index in [0.29, 0.717) is 23.7 Å². The molecule has 0 fully saturated rings. The SMILES string of the molecule is COc1ccc(OC)c(NC(=O)CNCc2ccco2)c1. The van der Waals surface area contributed by atoms with Gasteiger partial charge >= 0.3 is 0 Å². The van der Waals surface area contributed by atoms with Crippen molar-refractivity contribution >= 4 is 11.6 Å². The van der Waals surface area contributed by atoms with Crippen LogP contribution in [-0.2, 0) is 11.3 Å². The van der Waals surface area contributed by atoms with Crippen molar-refractivity contribution in [1.29, 1.82) is 0 Å². The molecule has 2 rings (SSSR count). The first-order valence-electron chi connectivity index (χ1n) is 6.48. The molecule has 0 unspecified atom stereocenters. The Kier molecular flexibility index (Phi) is 5.22. The average molecular weight is 290 g/mol. The van der Waals surface area contributed by atoms with E-state index in [1.807, 2.05) is 6.07 Å². The summed E-state index contributed by atoms with van der Waals surface area (Å²) in [5, 5.41) is 5.78. The topological polar surface area (TPSA) is 72.7 Å². The molecular formula is C15H18N2O4. The number of benzene rings is 1. The van der Waals surface area contributed by atoms with Gasteiger partial charge in [-0.15, -0.1) is 0 Å². The van der Waals surface area contributed by atoms with Gasteiger partial charge in [-0.05, 0) is 24.3 Å². The Morgan fingerprint density at radius 3 is 2.76 bits per heavy atom. The fourth-order valence-electron chi connectivity index (χ4n) is 1.82. The summed E-state index contributed by atoms with van der Waals surface area (Å²) >= 11 is 0. The second kappa shape index (κ2) is 7.35. The largest absolute Gasteiger partial charge is 0.497 e. The normalized spacial score (nSPS) is 10.2. The van der Waals surface area contributed by atoms with E-state index >= 15 is 0 Å². The molecule has 0 saturated carbocycles. The summed E-state index contributed by atoms with van der Waals surface area (Å²) in [7, 11) is 3.12. The Bertz CT molecular complexity index is 581. The molecule has 0 aliphatic carbocycles. The molecule has 0 atom stereocenters. The predicted octanol–water partition coefficient (Wildman–Crippen LogP) is 2.03. The van der Waals surface area contributed by atoms with Crippen molar-refractivity contribution in [3.63, 3.8) is 0 Å². The van der Waals surface area contributed by atoms with Crippen molar-refractivity contribution in [2.24, 2.45) is 0 Å². The van der Waals surface area contributed by atoms with E-state index in [1.165, 1.54) is 0 Å². The van der Waals surface area contributed by atoms with E-state index < -0.39 is 0 Å². The first-order valence-corrected chi connectivity index (χ1v) is 6.48. The van der Waals surface area contributed by atoms with Gasteiger partial charge in [0.15, 0.2) is 0 Å². The highest BCUT2D eigenvalue weighted by Crippen LogP contribution is 2.28. The van der Waals surface area contributed by atoms with Gasteiger partial charge in [-0.25, -0.2) is 0 Å². The third-order valence-electron chi connectivity index (χ3n) is 2.85. The highest BCUT2D eigenvalue weighted by atomic mass is 16.5. The maximum Gasteiger partial charge on any atom is 0.238 e. The second-order valence-corrected chi connectivity index (χ2v) is 4.30. The van der Waals surface area contributed by atoms with E-state index in [4.69, 9.17) is 13.9 Å². The molecule has 2 N–H and O–H groups in total. The molecule has 6 heteroatoms. The highest BCUT2D eigenvalue weighted by Gasteiger charge is 2.09. The number of rotatable bonds is 7. The maximum atomic E-state index is 11.9. The molecule has 1 aromatic carbocycles. The van der Waals surface area contributed by atoms with Crippen LogP contribution in [0.25, 0.3) is 0 Å². The average Bonchev–Trinajstić information content (AvgIpc) is 3.00. The molecule has 21 heavy (non-hydrogen) atoms. The lowest BCUT2D eigenvalue weighted by atomic mass is 10.2. The smallest absolute Gasteiger partial charge is 0.238 e. The standard InChI is InChI=1S/C15H18N2O4/c1-19-11-5-6-14(20-2)13(8-11)17-15(18)10-16-9-12-4-3-7-21-12/h3-8,16H,9-10H2,1-2H3,(H,17,18). The lowest BCUT2D eigenvalue weighted by Gasteiger charge is -2.12. The molecule has 1 heterocycles. The Balaban J connectivity index is 1.89. The molecule has 1 amide bonds. The van der Waals surface area contributed by atoms with Crippen molar-refractivity contribution in [3.05, 3.63) is 42.4 Å². The van der Waals surface area contributed by atoms with E-state index in [9.17, 15) is 4.79 Å². The monoisotopic (exact) mass is 290 g/mol. The van der Waals surface area contributed by atoms with Crippen LogP contribution in [0.1, 0.15) is 5.76 Å². The number of nitrogens with one attached hydrogen (secondary N) is 2. The molecule has 1 aromatic heterocycles. The van der Waals surface area contributed by atoms with Crippen LogP contribution in [0.4, 0.5) is 5.69 Å². The van der Waals surface area contributed by atoms with E-state index in [2.05, 4.69) is 10.6 Å². The maximum absolute atomic E-state index is 11.9. The third kappa shape index (κ3) is 4.25. The minimum atomic E-state index is -0.173. The molecule has 0 radical (unpaired) electrons. The summed E-state index contributed by atoms with van der Waals surface area (Å²) in [6.45, 7) is 0.663. The number of methoxy groups -OCH3 is 2. The van der Waals surface area contributed by atoms with Gasteiger partial charge in [-0.2, -0.15) is 0 Å². The first kappa shape index (κ1) is 14.9. The summed E-state index contributed by atoms with van der Waals surface area (Å²) < 4.78 is 15.5. The molecule has 112 valence electrons. The number of ether oxygens (including phenoxy) is 2. The Hall–Kier alpha value is -2.47. The minimum absolute atomic E-state index is 0.168. The zero-order chi connectivity index (χ0) is 15.1.